The first-order valence-electron chi connectivity index (χ1n) is 7.90. The van der Waals surface area contributed by atoms with Gasteiger partial charge in [-0.15, -0.1) is 0 Å². The third-order valence-electron chi connectivity index (χ3n) is 4.01. The molecule has 0 bridgehead atoms. The number of hydrogen-bond acceptors (Lipinski definition) is 5. The van der Waals surface area contributed by atoms with Crippen molar-refractivity contribution in [3.8, 4) is 0 Å². The standard InChI is InChI=1S/C16H22N6O/c1-10(2)16-17-7-6-13(20-16)19-12-4-5-14(23)21-15(12)11-8-18-22(3)9-11/h6-10,12,15H,4-5H2,1-3H3,(H,21,23)(H,17,19,20)/t12-,15+/m1/s1. The highest BCUT2D eigenvalue weighted by molar-refractivity contribution is 5.77. The Hall–Kier alpha value is -2.44. The lowest BCUT2D eigenvalue weighted by molar-refractivity contribution is -0.123. The Morgan fingerprint density at radius 2 is 2.26 bits per heavy atom. The Morgan fingerprint density at radius 1 is 1.43 bits per heavy atom. The van der Waals surface area contributed by atoms with Crippen LogP contribution in [0.3, 0.4) is 0 Å². The molecule has 3 heterocycles. The largest absolute Gasteiger partial charge is 0.365 e. The topological polar surface area (TPSA) is 84.7 Å². The van der Waals surface area contributed by atoms with Crippen LogP contribution in [0.2, 0.25) is 0 Å². The number of hydrogen-bond donors (Lipinski definition) is 2. The van der Waals surface area contributed by atoms with Crippen LogP contribution in [0, 0.1) is 0 Å². The number of carbonyl (C=O) groups is 1. The van der Waals surface area contributed by atoms with E-state index >= 15 is 0 Å². The molecule has 1 fully saturated rings. The first-order valence-corrected chi connectivity index (χ1v) is 7.90. The van der Waals surface area contributed by atoms with Gasteiger partial charge in [-0.2, -0.15) is 5.10 Å². The van der Waals surface area contributed by atoms with Crippen molar-refractivity contribution in [3.63, 3.8) is 0 Å². The molecule has 1 amide bonds. The predicted molar refractivity (Wildman–Crippen MR) is 86.9 cm³/mol. The van der Waals surface area contributed by atoms with Crippen molar-refractivity contribution in [3.05, 3.63) is 36.0 Å². The van der Waals surface area contributed by atoms with E-state index in [1.54, 1.807) is 17.1 Å². The molecule has 3 rings (SSSR count). The van der Waals surface area contributed by atoms with Gasteiger partial charge >= 0.3 is 0 Å². The van der Waals surface area contributed by atoms with Gasteiger partial charge in [0.25, 0.3) is 0 Å². The third kappa shape index (κ3) is 3.49. The predicted octanol–water partition coefficient (Wildman–Crippen LogP) is 1.77. The van der Waals surface area contributed by atoms with Gasteiger partial charge < -0.3 is 10.6 Å². The first-order chi connectivity index (χ1) is 11.0. The average Bonchev–Trinajstić information content (AvgIpc) is 2.96. The van der Waals surface area contributed by atoms with Crippen molar-refractivity contribution in [1.82, 2.24) is 25.1 Å². The van der Waals surface area contributed by atoms with Gasteiger partial charge in [0.05, 0.1) is 18.3 Å². The highest BCUT2D eigenvalue weighted by Crippen LogP contribution is 2.26. The zero-order chi connectivity index (χ0) is 16.4. The normalized spacial score (nSPS) is 21.3. The van der Waals surface area contributed by atoms with Crippen LogP contribution in [0.25, 0.3) is 0 Å². The summed E-state index contributed by atoms with van der Waals surface area (Å²) < 4.78 is 1.74. The minimum atomic E-state index is -0.109. The Bertz CT molecular complexity index is 695. The van der Waals surface area contributed by atoms with Crippen molar-refractivity contribution in [1.29, 1.82) is 0 Å². The summed E-state index contributed by atoms with van der Waals surface area (Å²) in [5.41, 5.74) is 0.996. The van der Waals surface area contributed by atoms with E-state index in [9.17, 15) is 4.79 Å². The summed E-state index contributed by atoms with van der Waals surface area (Å²) in [6.07, 6.45) is 6.77. The number of aromatic nitrogens is 4. The quantitative estimate of drug-likeness (QED) is 0.898. The summed E-state index contributed by atoms with van der Waals surface area (Å²) in [6.45, 7) is 4.14. The van der Waals surface area contributed by atoms with E-state index in [0.29, 0.717) is 6.42 Å². The van der Waals surface area contributed by atoms with Crippen LogP contribution in [0.5, 0.6) is 0 Å². The number of anilines is 1. The highest BCUT2D eigenvalue weighted by Gasteiger charge is 2.31. The molecule has 0 radical (unpaired) electrons. The van der Waals surface area contributed by atoms with Crippen LogP contribution in [0.1, 0.15) is 50.0 Å². The van der Waals surface area contributed by atoms with Gasteiger partial charge in [-0.3, -0.25) is 9.48 Å². The number of piperidine rings is 1. The molecular formula is C16H22N6O. The van der Waals surface area contributed by atoms with Crippen molar-refractivity contribution >= 4 is 11.7 Å². The maximum absolute atomic E-state index is 11.8. The van der Waals surface area contributed by atoms with Crippen LogP contribution in [0.4, 0.5) is 5.82 Å². The molecule has 0 aliphatic carbocycles. The number of aryl methyl sites for hydroxylation is 1. The van der Waals surface area contributed by atoms with Gasteiger partial charge in [-0.25, -0.2) is 9.97 Å². The molecule has 1 saturated heterocycles. The maximum Gasteiger partial charge on any atom is 0.220 e. The van der Waals surface area contributed by atoms with Gasteiger partial charge in [-0.1, -0.05) is 13.8 Å². The summed E-state index contributed by atoms with van der Waals surface area (Å²) in [5, 5.41) is 10.7. The van der Waals surface area contributed by atoms with Gasteiger partial charge in [0.15, 0.2) is 0 Å². The minimum absolute atomic E-state index is 0.0717. The van der Waals surface area contributed by atoms with Gasteiger partial charge in [0.1, 0.15) is 11.6 Å². The fourth-order valence-corrected chi connectivity index (χ4v) is 2.79. The molecule has 0 spiro atoms. The zero-order valence-corrected chi connectivity index (χ0v) is 13.7. The molecule has 23 heavy (non-hydrogen) atoms. The number of nitrogens with zero attached hydrogens (tertiary/aromatic N) is 4. The van der Waals surface area contributed by atoms with Crippen LogP contribution >= 0.6 is 0 Å². The SMILES string of the molecule is CC(C)c1nccc(N[C@@H]2CCC(=O)N[C@H]2c2cnn(C)c2)n1. The molecule has 2 atom stereocenters. The fourth-order valence-electron chi connectivity index (χ4n) is 2.79. The molecule has 0 saturated carbocycles. The summed E-state index contributed by atoms with van der Waals surface area (Å²) in [5.74, 6) is 1.95. The Morgan fingerprint density at radius 3 is 2.96 bits per heavy atom. The lowest BCUT2D eigenvalue weighted by Gasteiger charge is -2.32. The maximum atomic E-state index is 11.8. The van der Waals surface area contributed by atoms with Crippen molar-refractivity contribution in [2.24, 2.45) is 7.05 Å². The summed E-state index contributed by atoms with van der Waals surface area (Å²) in [7, 11) is 1.87. The molecule has 1 aliphatic heterocycles. The van der Waals surface area contributed by atoms with E-state index in [-0.39, 0.29) is 23.9 Å². The highest BCUT2D eigenvalue weighted by atomic mass is 16.1. The number of nitrogens with one attached hydrogen (secondary N) is 2. The lowest BCUT2D eigenvalue weighted by Crippen LogP contribution is -2.45. The van der Waals surface area contributed by atoms with E-state index in [0.717, 1.165) is 23.6 Å². The van der Waals surface area contributed by atoms with E-state index in [4.69, 9.17) is 0 Å². The molecule has 1 aliphatic rings. The van der Waals surface area contributed by atoms with Crippen LogP contribution in [-0.4, -0.2) is 31.7 Å². The van der Waals surface area contributed by atoms with Gasteiger partial charge in [0.2, 0.25) is 5.91 Å². The molecule has 2 N–H and O–H groups in total. The Kier molecular flexibility index (Phi) is 4.27. The summed E-state index contributed by atoms with van der Waals surface area (Å²) >= 11 is 0. The Balaban J connectivity index is 1.81. The van der Waals surface area contributed by atoms with Crippen molar-refractivity contribution in [2.75, 3.05) is 5.32 Å². The molecule has 122 valence electrons. The number of rotatable bonds is 4. The van der Waals surface area contributed by atoms with E-state index < -0.39 is 0 Å². The molecular weight excluding hydrogens is 292 g/mol. The summed E-state index contributed by atoms with van der Waals surface area (Å²) in [6, 6.07) is 1.83. The second-order valence-corrected chi connectivity index (χ2v) is 6.24. The molecule has 0 unspecified atom stereocenters. The van der Waals surface area contributed by atoms with Crippen LogP contribution in [0.15, 0.2) is 24.7 Å². The van der Waals surface area contributed by atoms with Crippen LogP contribution in [-0.2, 0) is 11.8 Å². The van der Waals surface area contributed by atoms with E-state index in [1.165, 1.54) is 0 Å². The van der Waals surface area contributed by atoms with Crippen molar-refractivity contribution in [2.45, 2.75) is 44.7 Å². The fraction of sp³-hybridized carbons (Fsp3) is 0.500. The molecule has 0 aromatic carbocycles. The second kappa shape index (κ2) is 6.36. The number of carbonyl (C=O) groups excluding carboxylic acids is 1. The monoisotopic (exact) mass is 314 g/mol. The molecule has 7 nitrogen and oxygen atoms in total. The first kappa shape index (κ1) is 15.5. The summed E-state index contributed by atoms with van der Waals surface area (Å²) in [4.78, 5) is 20.7. The van der Waals surface area contributed by atoms with E-state index in [1.807, 2.05) is 19.3 Å². The van der Waals surface area contributed by atoms with Gasteiger partial charge in [0, 0.05) is 37.3 Å². The number of amides is 1. The average molecular weight is 314 g/mol. The van der Waals surface area contributed by atoms with Crippen LogP contribution < -0.4 is 10.6 Å². The van der Waals surface area contributed by atoms with Crippen molar-refractivity contribution < 1.29 is 4.79 Å². The molecule has 2 aromatic heterocycles. The molecule has 7 heteroatoms. The lowest BCUT2D eigenvalue weighted by atomic mass is 9.94. The second-order valence-electron chi connectivity index (χ2n) is 6.24. The van der Waals surface area contributed by atoms with E-state index in [2.05, 4.69) is 39.5 Å². The third-order valence-corrected chi connectivity index (χ3v) is 4.01. The minimum Gasteiger partial charge on any atom is -0.365 e. The Labute approximate surface area is 135 Å². The zero-order valence-electron chi connectivity index (χ0n) is 13.7. The van der Waals surface area contributed by atoms with Gasteiger partial charge in [-0.05, 0) is 12.5 Å². The molecule has 2 aromatic rings. The smallest absolute Gasteiger partial charge is 0.220 e.